The van der Waals surface area contributed by atoms with Gasteiger partial charge in [-0.15, -0.1) is 0 Å². The highest BCUT2D eigenvalue weighted by atomic mass is 16.5. The molecule has 1 unspecified atom stereocenters. The topological polar surface area (TPSA) is 64.4 Å². The van der Waals surface area contributed by atoms with Gasteiger partial charge in [-0.3, -0.25) is 4.79 Å². The molecule has 0 spiro atoms. The molecule has 0 saturated carbocycles. The fourth-order valence-corrected chi connectivity index (χ4v) is 1.10. The van der Waals surface area contributed by atoms with Gasteiger partial charge in [0, 0.05) is 0 Å². The molecule has 1 atom stereocenters. The standard InChI is InChI=1S/C11H16N2O2/c1-9(8-13-11(14)7-12)15-10-5-3-2-4-6-10/h2-6,9H,7-8,12H2,1H3,(H,13,14). The molecule has 0 fully saturated rings. The van der Waals surface area contributed by atoms with Gasteiger partial charge in [0.25, 0.3) is 0 Å². The Morgan fingerprint density at radius 1 is 1.47 bits per heavy atom. The average molecular weight is 208 g/mol. The molecular formula is C11H16N2O2. The van der Waals surface area contributed by atoms with Crippen LogP contribution in [0.2, 0.25) is 0 Å². The van der Waals surface area contributed by atoms with E-state index in [0.717, 1.165) is 5.75 Å². The largest absolute Gasteiger partial charge is 0.489 e. The molecule has 4 nitrogen and oxygen atoms in total. The van der Waals surface area contributed by atoms with Crippen molar-refractivity contribution in [3.05, 3.63) is 30.3 Å². The predicted molar refractivity (Wildman–Crippen MR) is 58.6 cm³/mol. The minimum atomic E-state index is -0.168. The van der Waals surface area contributed by atoms with Crippen LogP contribution in [0.15, 0.2) is 30.3 Å². The van der Waals surface area contributed by atoms with E-state index in [-0.39, 0.29) is 18.6 Å². The average Bonchev–Trinajstić information content (AvgIpc) is 2.27. The number of ether oxygens (including phenoxy) is 1. The molecule has 0 bridgehead atoms. The molecule has 82 valence electrons. The SMILES string of the molecule is CC(CNC(=O)CN)Oc1ccccc1. The molecule has 0 saturated heterocycles. The summed E-state index contributed by atoms with van der Waals surface area (Å²) >= 11 is 0. The van der Waals surface area contributed by atoms with E-state index in [4.69, 9.17) is 10.5 Å². The fraction of sp³-hybridized carbons (Fsp3) is 0.364. The lowest BCUT2D eigenvalue weighted by molar-refractivity contribution is -0.120. The molecule has 0 aliphatic carbocycles. The maximum atomic E-state index is 10.9. The summed E-state index contributed by atoms with van der Waals surface area (Å²) in [7, 11) is 0. The van der Waals surface area contributed by atoms with E-state index in [2.05, 4.69) is 5.32 Å². The van der Waals surface area contributed by atoms with E-state index in [1.807, 2.05) is 37.3 Å². The molecule has 1 aromatic rings. The Balaban J connectivity index is 2.30. The molecule has 0 radical (unpaired) electrons. The zero-order valence-corrected chi connectivity index (χ0v) is 8.77. The number of rotatable bonds is 5. The Bertz CT molecular complexity index is 301. The minimum Gasteiger partial charge on any atom is -0.489 e. The molecule has 0 heterocycles. The number of benzene rings is 1. The second kappa shape index (κ2) is 6.03. The summed E-state index contributed by atoms with van der Waals surface area (Å²) in [6.07, 6.45) is -0.0668. The van der Waals surface area contributed by atoms with Crippen molar-refractivity contribution < 1.29 is 9.53 Å². The third-order valence-electron chi connectivity index (χ3n) is 1.85. The van der Waals surface area contributed by atoms with Crippen molar-refractivity contribution in [2.45, 2.75) is 13.0 Å². The number of hydrogen-bond donors (Lipinski definition) is 2. The normalized spacial score (nSPS) is 11.9. The summed E-state index contributed by atoms with van der Waals surface area (Å²) in [5.41, 5.74) is 5.16. The van der Waals surface area contributed by atoms with Gasteiger partial charge in [0.2, 0.25) is 5.91 Å². The highest BCUT2D eigenvalue weighted by Crippen LogP contribution is 2.10. The molecule has 1 aromatic carbocycles. The van der Waals surface area contributed by atoms with Gasteiger partial charge in [0.15, 0.2) is 0 Å². The van der Waals surface area contributed by atoms with Crippen molar-refractivity contribution in [1.29, 1.82) is 0 Å². The van der Waals surface area contributed by atoms with Crippen LogP contribution >= 0.6 is 0 Å². The predicted octanol–water partition coefficient (Wildman–Crippen LogP) is 0.529. The van der Waals surface area contributed by atoms with Gasteiger partial charge in [-0.05, 0) is 19.1 Å². The molecule has 3 N–H and O–H groups in total. The summed E-state index contributed by atoms with van der Waals surface area (Å²) < 4.78 is 5.55. The Kier molecular flexibility index (Phi) is 4.63. The number of amides is 1. The Hall–Kier alpha value is -1.55. The van der Waals surface area contributed by atoms with Gasteiger partial charge < -0.3 is 15.8 Å². The maximum absolute atomic E-state index is 10.9. The van der Waals surface area contributed by atoms with Gasteiger partial charge in [-0.1, -0.05) is 18.2 Å². The van der Waals surface area contributed by atoms with Crippen molar-refractivity contribution in [1.82, 2.24) is 5.32 Å². The van der Waals surface area contributed by atoms with Crippen LogP contribution in [0.1, 0.15) is 6.92 Å². The van der Waals surface area contributed by atoms with Crippen molar-refractivity contribution >= 4 is 5.91 Å². The first-order chi connectivity index (χ1) is 7.22. The molecule has 1 amide bonds. The quantitative estimate of drug-likeness (QED) is 0.741. The van der Waals surface area contributed by atoms with E-state index in [0.29, 0.717) is 6.54 Å². The third-order valence-corrected chi connectivity index (χ3v) is 1.85. The first kappa shape index (κ1) is 11.5. The van der Waals surface area contributed by atoms with Crippen molar-refractivity contribution in [2.24, 2.45) is 5.73 Å². The van der Waals surface area contributed by atoms with Crippen molar-refractivity contribution in [3.8, 4) is 5.75 Å². The number of nitrogens with two attached hydrogens (primary N) is 1. The van der Waals surface area contributed by atoms with Gasteiger partial charge in [0.1, 0.15) is 11.9 Å². The van der Waals surface area contributed by atoms with Crippen LogP contribution in [-0.2, 0) is 4.79 Å². The maximum Gasteiger partial charge on any atom is 0.233 e. The molecular weight excluding hydrogens is 192 g/mol. The van der Waals surface area contributed by atoms with E-state index in [1.54, 1.807) is 0 Å². The summed E-state index contributed by atoms with van der Waals surface area (Å²) in [6, 6.07) is 9.48. The number of nitrogens with one attached hydrogen (secondary N) is 1. The second-order valence-corrected chi connectivity index (χ2v) is 3.25. The fourth-order valence-electron chi connectivity index (χ4n) is 1.10. The summed E-state index contributed by atoms with van der Waals surface area (Å²) in [6.45, 7) is 2.37. The van der Waals surface area contributed by atoms with Crippen LogP contribution in [0.4, 0.5) is 0 Å². The van der Waals surface area contributed by atoms with Gasteiger partial charge in [-0.25, -0.2) is 0 Å². The van der Waals surface area contributed by atoms with Gasteiger partial charge in [0.05, 0.1) is 13.1 Å². The first-order valence-corrected chi connectivity index (χ1v) is 4.91. The van der Waals surface area contributed by atoms with Crippen LogP contribution < -0.4 is 15.8 Å². The zero-order valence-electron chi connectivity index (χ0n) is 8.77. The van der Waals surface area contributed by atoms with Crippen LogP contribution in [0.3, 0.4) is 0 Å². The van der Waals surface area contributed by atoms with Crippen LogP contribution in [0.5, 0.6) is 5.75 Å². The van der Waals surface area contributed by atoms with E-state index in [1.165, 1.54) is 0 Å². The molecule has 0 aromatic heterocycles. The molecule has 0 aliphatic rings. The lowest BCUT2D eigenvalue weighted by atomic mass is 10.3. The smallest absolute Gasteiger partial charge is 0.233 e. The summed E-state index contributed by atoms with van der Waals surface area (Å²) in [5.74, 6) is 0.630. The van der Waals surface area contributed by atoms with E-state index < -0.39 is 0 Å². The number of para-hydroxylation sites is 1. The highest BCUT2D eigenvalue weighted by Gasteiger charge is 2.05. The second-order valence-electron chi connectivity index (χ2n) is 3.25. The Morgan fingerprint density at radius 2 is 2.13 bits per heavy atom. The van der Waals surface area contributed by atoms with Crippen LogP contribution in [0, 0.1) is 0 Å². The van der Waals surface area contributed by atoms with Crippen molar-refractivity contribution in [3.63, 3.8) is 0 Å². The Morgan fingerprint density at radius 3 is 2.73 bits per heavy atom. The van der Waals surface area contributed by atoms with E-state index >= 15 is 0 Å². The summed E-state index contributed by atoms with van der Waals surface area (Å²) in [4.78, 5) is 10.9. The molecule has 0 aliphatic heterocycles. The minimum absolute atomic E-state index is 0.0120. The monoisotopic (exact) mass is 208 g/mol. The molecule has 4 heteroatoms. The highest BCUT2D eigenvalue weighted by molar-refractivity contribution is 5.77. The first-order valence-electron chi connectivity index (χ1n) is 4.91. The lowest BCUT2D eigenvalue weighted by Gasteiger charge is -2.14. The van der Waals surface area contributed by atoms with Crippen LogP contribution in [-0.4, -0.2) is 25.1 Å². The zero-order chi connectivity index (χ0) is 11.1. The Labute approximate surface area is 89.4 Å². The molecule has 1 rings (SSSR count). The summed E-state index contributed by atoms with van der Waals surface area (Å²) in [5, 5.41) is 2.66. The third kappa shape index (κ3) is 4.46. The van der Waals surface area contributed by atoms with Gasteiger partial charge in [-0.2, -0.15) is 0 Å². The van der Waals surface area contributed by atoms with Crippen molar-refractivity contribution in [2.75, 3.05) is 13.1 Å². The van der Waals surface area contributed by atoms with E-state index in [9.17, 15) is 4.79 Å². The number of carbonyl (C=O) groups excluding carboxylic acids is 1. The number of carbonyl (C=O) groups is 1. The van der Waals surface area contributed by atoms with Crippen LogP contribution in [0.25, 0.3) is 0 Å². The number of hydrogen-bond acceptors (Lipinski definition) is 3. The van der Waals surface area contributed by atoms with Gasteiger partial charge >= 0.3 is 0 Å². The molecule has 15 heavy (non-hydrogen) atoms. The lowest BCUT2D eigenvalue weighted by Crippen LogP contribution is -2.37.